The van der Waals surface area contributed by atoms with Crippen molar-refractivity contribution in [2.24, 2.45) is 0 Å². The Hall–Kier alpha value is -2.45. The minimum atomic E-state index is -0.583. The van der Waals surface area contributed by atoms with Crippen LogP contribution in [0, 0.1) is 10.1 Å². The Morgan fingerprint density at radius 3 is 2.58 bits per heavy atom. The molecule has 0 bridgehead atoms. The molecule has 0 spiro atoms. The first kappa shape index (κ1) is 19.9. The molecule has 136 valence electrons. The number of amides is 2. The second kappa shape index (κ2) is 8.77. The molecule has 26 heavy (non-hydrogen) atoms. The van der Waals surface area contributed by atoms with E-state index in [1.54, 1.807) is 12.1 Å². The van der Waals surface area contributed by atoms with E-state index < -0.39 is 10.8 Å². The lowest BCUT2D eigenvalue weighted by Crippen LogP contribution is -2.14. The van der Waals surface area contributed by atoms with E-state index in [4.69, 9.17) is 11.6 Å². The van der Waals surface area contributed by atoms with Gasteiger partial charge in [0.05, 0.1) is 21.2 Å². The van der Waals surface area contributed by atoms with Gasteiger partial charge in [0.25, 0.3) is 11.6 Å². The average molecular weight is 441 g/mol. The summed E-state index contributed by atoms with van der Waals surface area (Å²) in [5.74, 6) is -0.715. The second-order valence-electron chi connectivity index (χ2n) is 5.37. The molecule has 0 aliphatic rings. The summed E-state index contributed by atoms with van der Waals surface area (Å²) in [6, 6.07) is 8.57. The highest BCUT2D eigenvalue weighted by molar-refractivity contribution is 9.10. The Balaban J connectivity index is 2.25. The third kappa shape index (κ3) is 5.03. The maximum absolute atomic E-state index is 12.5. The SMILES string of the molecule is CCCC(=O)Nc1ccc(Cl)c(NC(=O)c2cc([N+](=O)[O-])ccc2Br)c1. The first-order valence-corrected chi connectivity index (χ1v) is 8.83. The van der Waals surface area contributed by atoms with Crippen LogP contribution in [0.3, 0.4) is 0 Å². The number of carbonyl (C=O) groups excluding carboxylic acids is 2. The lowest BCUT2D eigenvalue weighted by molar-refractivity contribution is -0.384. The molecule has 0 saturated heterocycles. The van der Waals surface area contributed by atoms with Crippen LogP contribution in [0.2, 0.25) is 5.02 Å². The number of halogens is 2. The van der Waals surface area contributed by atoms with E-state index in [1.807, 2.05) is 6.92 Å². The smallest absolute Gasteiger partial charge is 0.270 e. The number of rotatable bonds is 6. The predicted octanol–water partition coefficient (Wildman–Crippen LogP) is 5.00. The lowest BCUT2D eigenvalue weighted by atomic mass is 10.2. The monoisotopic (exact) mass is 439 g/mol. The third-order valence-electron chi connectivity index (χ3n) is 3.38. The molecule has 0 atom stereocenters. The van der Waals surface area contributed by atoms with Crippen molar-refractivity contribution in [3.8, 4) is 0 Å². The zero-order chi connectivity index (χ0) is 19.3. The zero-order valence-electron chi connectivity index (χ0n) is 13.7. The van der Waals surface area contributed by atoms with Crippen molar-refractivity contribution in [2.45, 2.75) is 19.8 Å². The molecule has 9 heteroatoms. The van der Waals surface area contributed by atoms with E-state index in [0.29, 0.717) is 23.0 Å². The van der Waals surface area contributed by atoms with Crippen molar-refractivity contribution < 1.29 is 14.5 Å². The summed E-state index contributed by atoms with van der Waals surface area (Å²) >= 11 is 9.30. The number of nitro groups is 1. The highest BCUT2D eigenvalue weighted by atomic mass is 79.9. The molecule has 2 amide bonds. The number of nitrogens with zero attached hydrogens (tertiary/aromatic N) is 1. The van der Waals surface area contributed by atoms with Gasteiger partial charge in [-0.05, 0) is 46.6 Å². The van der Waals surface area contributed by atoms with Gasteiger partial charge in [-0.3, -0.25) is 19.7 Å². The minimum absolute atomic E-state index is 0.0932. The van der Waals surface area contributed by atoms with Gasteiger partial charge < -0.3 is 10.6 Å². The van der Waals surface area contributed by atoms with E-state index in [0.717, 1.165) is 0 Å². The fraction of sp³-hybridized carbons (Fsp3) is 0.176. The largest absolute Gasteiger partial charge is 0.326 e. The Kier molecular flexibility index (Phi) is 6.70. The number of anilines is 2. The third-order valence-corrected chi connectivity index (χ3v) is 4.40. The van der Waals surface area contributed by atoms with Gasteiger partial charge in [-0.1, -0.05) is 18.5 Å². The molecule has 0 saturated carbocycles. The molecule has 2 aromatic carbocycles. The van der Waals surface area contributed by atoms with E-state index >= 15 is 0 Å². The fourth-order valence-electron chi connectivity index (χ4n) is 2.14. The zero-order valence-corrected chi connectivity index (χ0v) is 16.1. The van der Waals surface area contributed by atoms with Crippen LogP contribution in [-0.4, -0.2) is 16.7 Å². The predicted molar refractivity (Wildman–Crippen MR) is 104 cm³/mol. The summed E-state index contributed by atoms with van der Waals surface area (Å²) in [5, 5.41) is 16.5. The van der Waals surface area contributed by atoms with Crippen LogP contribution in [-0.2, 0) is 4.79 Å². The lowest BCUT2D eigenvalue weighted by Gasteiger charge is -2.11. The Bertz CT molecular complexity index is 873. The topological polar surface area (TPSA) is 101 Å². The van der Waals surface area contributed by atoms with Gasteiger partial charge in [-0.2, -0.15) is 0 Å². The van der Waals surface area contributed by atoms with Crippen molar-refractivity contribution in [1.82, 2.24) is 0 Å². The maximum atomic E-state index is 12.5. The number of hydrogen-bond acceptors (Lipinski definition) is 4. The summed E-state index contributed by atoms with van der Waals surface area (Å²) in [6.45, 7) is 1.89. The number of nitro benzene ring substituents is 1. The fourth-order valence-corrected chi connectivity index (χ4v) is 2.73. The molecular weight excluding hydrogens is 426 g/mol. The van der Waals surface area contributed by atoms with Crippen molar-refractivity contribution in [2.75, 3.05) is 10.6 Å². The molecule has 0 aromatic heterocycles. The van der Waals surface area contributed by atoms with Crippen LogP contribution in [0.15, 0.2) is 40.9 Å². The maximum Gasteiger partial charge on any atom is 0.270 e. The standard InChI is InChI=1S/C17H15BrClN3O4/c1-2-3-16(23)20-10-4-7-14(19)15(8-10)21-17(24)12-9-11(22(25)26)5-6-13(12)18/h4-9H,2-3H2,1H3,(H,20,23)(H,21,24). The van der Waals surface area contributed by atoms with E-state index in [-0.39, 0.29) is 27.9 Å². The number of nitrogens with one attached hydrogen (secondary N) is 2. The van der Waals surface area contributed by atoms with E-state index in [2.05, 4.69) is 26.6 Å². The summed E-state index contributed by atoms with van der Waals surface area (Å²) in [4.78, 5) is 34.5. The second-order valence-corrected chi connectivity index (χ2v) is 6.63. The van der Waals surface area contributed by atoms with Crippen LogP contribution >= 0.6 is 27.5 Å². The van der Waals surface area contributed by atoms with Crippen molar-refractivity contribution in [3.63, 3.8) is 0 Å². The van der Waals surface area contributed by atoms with Crippen LogP contribution in [0.4, 0.5) is 17.1 Å². The summed E-state index contributed by atoms with van der Waals surface area (Å²) in [6.07, 6.45) is 1.09. The van der Waals surface area contributed by atoms with Crippen molar-refractivity contribution in [1.29, 1.82) is 0 Å². The van der Waals surface area contributed by atoms with E-state index in [1.165, 1.54) is 24.3 Å². The van der Waals surface area contributed by atoms with E-state index in [9.17, 15) is 19.7 Å². The van der Waals surface area contributed by atoms with Crippen LogP contribution < -0.4 is 10.6 Å². The highest BCUT2D eigenvalue weighted by Crippen LogP contribution is 2.28. The molecule has 0 radical (unpaired) electrons. The number of hydrogen-bond donors (Lipinski definition) is 2. The molecule has 0 aliphatic carbocycles. The first-order valence-electron chi connectivity index (χ1n) is 7.66. The summed E-state index contributed by atoms with van der Waals surface area (Å²) < 4.78 is 0.407. The van der Waals surface area contributed by atoms with Gasteiger partial charge in [0, 0.05) is 28.7 Å². The molecule has 2 N–H and O–H groups in total. The Labute approximate surface area is 163 Å². The summed E-state index contributed by atoms with van der Waals surface area (Å²) in [5.41, 5.74) is 0.659. The molecule has 0 heterocycles. The van der Waals surface area contributed by atoms with Gasteiger partial charge in [0.1, 0.15) is 0 Å². The molecular formula is C17H15BrClN3O4. The van der Waals surface area contributed by atoms with Crippen LogP contribution in [0.1, 0.15) is 30.1 Å². The number of carbonyl (C=O) groups is 2. The minimum Gasteiger partial charge on any atom is -0.326 e. The Morgan fingerprint density at radius 1 is 1.19 bits per heavy atom. The number of benzene rings is 2. The molecule has 0 unspecified atom stereocenters. The number of non-ortho nitro benzene ring substituents is 1. The molecule has 0 fully saturated rings. The van der Waals surface area contributed by atoms with Crippen molar-refractivity contribution >= 4 is 56.4 Å². The van der Waals surface area contributed by atoms with Crippen LogP contribution in [0.5, 0.6) is 0 Å². The average Bonchev–Trinajstić information content (AvgIpc) is 2.58. The molecule has 0 aliphatic heterocycles. The highest BCUT2D eigenvalue weighted by Gasteiger charge is 2.17. The van der Waals surface area contributed by atoms with Gasteiger partial charge in [-0.15, -0.1) is 0 Å². The normalized spacial score (nSPS) is 10.3. The molecule has 2 aromatic rings. The van der Waals surface area contributed by atoms with Gasteiger partial charge in [0.15, 0.2) is 0 Å². The summed E-state index contributed by atoms with van der Waals surface area (Å²) in [7, 11) is 0. The first-order chi connectivity index (χ1) is 12.3. The quantitative estimate of drug-likeness (QED) is 0.487. The van der Waals surface area contributed by atoms with Gasteiger partial charge >= 0.3 is 0 Å². The van der Waals surface area contributed by atoms with Crippen molar-refractivity contribution in [3.05, 3.63) is 61.6 Å². The molecule has 7 nitrogen and oxygen atoms in total. The Morgan fingerprint density at radius 2 is 1.92 bits per heavy atom. The van der Waals surface area contributed by atoms with Gasteiger partial charge in [-0.25, -0.2) is 0 Å². The molecule has 2 rings (SSSR count). The van der Waals surface area contributed by atoms with Gasteiger partial charge in [0.2, 0.25) is 5.91 Å². The van der Waals surface area contributed by atoms with Crippen LogP contribution in [0.25, 0.3) is 0 Å².